The molecular weight excluding hydrogens is 266 g/mol. The molecule has 0 spiro atoms. The van der Waals surface area contributed by atoms with E-state index < -0.39 is 11.9 Å². The second kappa shape index (κ2) is 6.80. The average Bonchev–Trinajstić information content (AvgIpc) is 2.37. The summed E-state index contributed by atoms with van der Waals surface area (Å²) in [6, 6.07) is 4.29. The maximum atomic E-state index is 11.7. The van der Waals surface area contributed by atoms with Crippen LogP contribution in [0.25, 0.3) is 0 Å². The van der Waals surface area contributed by atoms with E-state index in [4.69, 9.17) is 17.3 Å². The zero-order valence-electron chi connectivity index (χ0n) is 10.6. The van der Waals surface area contributed by atoms with Gasteiger partial charge in [-0.1, -0.05) is 17.7 Å². The lowest BCUT2D eigenvalue weighted by molar-refractivity contribution is -0.121. The third kappa shape index (κ3) is 4.30. The lowest BCUT2D eigenvalue weighted by Gasteiger charge is -2.15. The van der Waals surface area contributed by atoms with E-state index in [1.54, 1.807) is 25.1 Å². The van der Waals surface area contributed by atoms with Crippen molar-refractivity contribution in [3.8, 4) is 0 Å². The number of benzene rings is 1. The fourth-order valence-corrected chi connectivity index (χ4v) is 1.66. The number of primary amides is 1. The Kier molecular flexibility index (Phi) is 5.38. The maximum Gasteiger partial charge on any atom is 0.250 e. The van der Waals surface area contributed by atoms with Crippen LogP contribution < -0.4 is 16.4 Å². The molecule has 0 fully saturated rings. The van der Waals surface area contributed by atoms with E-state index in [9.17, 15) is 9.59 Å². The number of carbonyl (C=O) groups excluding carboxylic acids is 2. The highest BCUT2D eigenvalue weighted by Crippen LogP contribution is 2.20. The molecule has 5 nitrogen and oxygen atoms in total. The van der Waals surface area contributed by atoms with Crippen molar-refractivity contribution in [3.05, 3.63) is 41.4 Å². The number of nitrogens with two attached hydrogens (primary N) is 1. The lowest BCUT2D eigenvalue weighted by atomic mass is 10.1. The van der Waals surface area contributed by atoms with Gasteiger partial charge in [0.15, 0.2) is 0 Å². The van der Waals surface area contributed by atoms with Crippen molar-refractivity contribution in [3.63, 3.8) is 0 Å². The minimum atomic E-state index is -0.614. The summed E-state index contributed by atoms with van der Waals surface area (Å²) in [5.41, 5.74) is 6.01. The van der Waals surface area contributed by atoms with Gasteiger partial charge in [-0.2, -0.15) is 0 Å². The molecule has 6 heteroatoms. The van der Waals surface area contributed by atoms with Crippen LogP contribution in [0.1, 0.15) is 17.3 Å². The molecule has 1 unspecified atom stereocenters. The Morgan fingerprint density at radius 3 is 2.79 bits per heavy atom. The van der Waals surface area contributed by atoms with Crippen molar-refractivity contribution in [2.45, 2.75) is 13.0 Å². The molecule has 0 aliphatic rings. The van der Waals surface area contributed by atoms with Crippen molar-refractivity contribution in [2.24, 2.45) is 5.73 Å². The van der Waals surface area contributed by atoms with E-state index >= 15 is 0 Å². The third-order valence-corrected chi connectivity index (χ3v) is 2.76. The van der Waals surface area contributed by atoms with Gasteiger partial charge < -0.3 is 16.4 Å². The van der Waals surface area contributed by atoms with E-state index in [0.717, 1.165) is 0 Å². The van der Waals surface area contributed by atoms with Gasteiger partial charge in [0.25, 0.3) is 0 Å². The molecule has 0 heterocycles. The molecule has 0 saturated carbocycles. The fourth-order valence-electron chi connectivity index (χ4n) is 1.45. The van der Waals surface area contributed by atoms with Crippen LogP contribution in [0.4, 0.5) is 5.69 Å². The Balaban J connectivity index is 2.77. The van der Waals surface area contributed by atoms with Gasteiger partial charge in [-0.05, 0) is 25.1 Å². The summed E-state index contributed by atoms with van der Waals surface area (Å²) < 4.78 is 0. The van der Waals surface area contributed by atoms with Gasteiger partial charge in [0, 0.05) is 12.2 Å². The summed E-state index contributed by atoms with van der Waals surface area (Å²) in [6.07, 6.45) is 1.60. The molecule has 2 amide bonds. The summed E-state index contributed by atoms with van der Waals surface area (Å²) in [7, 11) is 0. The van der Waals surface area contributed by atoms with Crippen LogP contribution in [0.15, 0.2) is 30.9 Å². The molecule has 1 atom stereocenters. The van der Waals surface area contributed by atoms with E-state index in [1.165, 1.54) is 6.07 Å². The van der Waals surface area contributed by atoms with Gasteiger partial charge in [-0.3, -0.25) is 9.59 Å². The second-order valence-electron chi connectivity index (χ2n) is 3.96. The minimum Gasteiger partial charge on any atom is -0.374 e. The molecule has 0 saturated heterocycles. The SMILES string of the molecule is C=CCNC(=O)C(C)Nc1ccc(Cl)c(C(N)=O)c1. The maximum absolute atomic E-state index is 11.7. The number of amides is 2. The highest BCUT2D eigenvalue weighted by Gasteiger charge is 2.13. The van der Waals surface area contributed by atoms with Crippen LogP contribution in [0.5, 0.6) is 0 Å². The Morgan fingerprint density at radius 2 is 2.21 bits per heavy atom. The fraction of sp³-hybridized carbons (Fsp3) is 0.231. The monoisotopic (exact) mass is 281 g/mol. The van der Waals surface area contributed by atoms with Crippen LogP contribution in [0.3, 0.4) is 0 Å². The Morgan fingerprint density at radius 1 is 1.53 bits per heavy atom. The topological polar surface area (TPSA) is 84.2 Å². The van der Waals surface area contributed by atoms with E-state index in [-0.39, 0.29) is 16.5 Å². The highest BCUT2D eigenvalue weighted by atomic mass is 35.5. The Hall–Kier alpha value is -2.01. The van der Waals surface area contributed by atoms with Gasteiger partial charge in [0.05, 0.1) is 10.6 Å². The summed E-state index contributed by atoms with van der Waals surface area (Å²) in [6.45, 7) is 5.62. The van der Waals surface area contributed by atoms with Crippen molar-refractivity contribution >= 4 is 29.1 Å². The van der Waals surface area contributed by atoms with E-state index in [0.29, 0.717) is 12.2 Å². The minimum absolute atomic E-state index is 0.171. The first-order chi connectivity index (χ1) is 8.95. The molecule has 1 rings (SSSR count). The molecule has 0 aliphatic carbocycles. The van der Waals surface area contributed by atoms with Gasteiger partial charge in [0.2, 0.25) is 11.8 Å². The Bertz CT molecular complexity index is 503. The molecule has 0 aromatic heterocycles. The molecule has 102 valence electrons. The van der Waals surface area contributed by atoms with E-state index in [2.05, 4.69) is 17.2 Å². The van der Waals surface area contributed by atoms with Crippen LogP contribution in [-0.4, -0.2) is 24.4 Å². The number of rotatable bonds is 6. The molecule has 19 heavy (non-hydrogen) atoms. The first-order valence-electron chi connectivity index (χ1n) is 5.70. The number of nitrogens with one attached hydrogen (secondary N) is 2. The quantitative estimate of drug-likeness (QED) is 0.692. The van der Waals surface area contributed by atoms with Crippen LogP contribution in [-0.2, 0) is 4.79 Å². The van der Waals surface area contributed by atoms with Crippen molar-refractivity contribution in [1.82, 2.24) is 5.32 Å². The molecule has 0 bridgehead atoms. The third-order valence-electron chi connectivity index (χ3n) is 2.43. The average molecular weight is 282 g/mol. The first kappa shape index (κ1) is 15.0. The smallest absolute Gasteiger partial charge is 0.250 e. The molecule has 0 radical (unpaired) electrons. The van der Waals surface area contributed by atoms with Gasteiger partial charge in [0.1, 0.15) is 6.04 Å². The standard InChI is InChI=1S/C13H16ClN3O2/c1-3-6-16-13(19)8(2)17-9-4-5-11(14)10(7-9)12(15)18/h3-5,7-8,17H,1,6H2,2H3,(H2,15,18)(H,16,19). The number of carbonyl (C=O) groups is 2. The van der Waals surface area contributed by atoms with Gasteiger partial charge in [-0.15, -0.1) is 6.58 Å². The predicted octanol–water partition coefficient (Wildman–Crippen LogP) is 1.54. The van der Waals surface area contributed by atoms with Gasteiger partial charge in [-0.25, -0.2) is 0 Å². The Labute approximate surface area is 116 Å². The zero-order chi connectivity index (χ0) is 14.4. The number of hydrogen-bond donors (Lipinski definition) is 3. The van der Waals surface area contributed by atoms with Crippen LogP contribution in [0.2, 0.25) is 5.02 Å². The lowest BCUT2D eigenvalue weighted by Crippen LogP contribution is -2.37. The summed E-state index contributed by atoms with van der Waals surface area (Å²) in [5.74, 6) is -0.784. The van der Waals surface area contributed by atoms with Crippen LogP contribution in [0, 0.1) is 0 Å². The number of hydrogen-bond acceptors (Lipinski definition) is 3. The molecule has 4 N–H and O–H groups in total. The predicted molar refractivity (Wildman–Crippen MR) is 76.3 cm³/mol. The molecule has 0 aliphatic heterocycles. The van der Waals surface area contributed by atoms with Crippen molar-refractivity contribution in [1.29, 1.82) is 0 Å². The molecular formula is C13H16ClN3O2. The summed E-state index contributed by atoms with van der Waals surface area (Å²) >= 11 is 5.84. The highest BCUT2D eigenvalue weighted by molar-refractivity contribution is 6.33. The van der Waals surface area contributed by atoms with Crippen LogP contribution >= 0.6 is 11.6 Å². The molecule has 1 aromatic carbocycles. The number of anilines is 1. The largest absolute Gasteiger partial charge is 0.374 e. The second-order valence-corrected chi connectivity index (χ2v) is 4.37. The van der Waals surface area contributed by atoms with Crippen molar-refractivity contribution < 1.29 is 9.59 Å². The normalized spacial score (nSPS) is 11.5. The van der Waals surface area contributed by atoms with Gasteiger partial charge >= 0.3 is 0 Å². The summed E-state index contributed by atoms with van der Waals surface area (Å²) in [4.78, 5) is 22.8. The first-order valence-corrected chi connectivity index (χ1v) is 6.08. The molecule has 1 aromatic rings. The zero-order valence-corrected chi connectivity index (χ0v) is 11.3. The van der Waals surface area contributed by atoms with E-state index in [1.807, 2.05) is 0 Å². The summed E-state index contributed by atoms with van der Waals surface area (Å²) in [5, 5.41) is 5.90. The van der Waals surface area contributed by atoms with Crippen molar-refractivity contribution in [2.75, 3.05) is 11.9 Å². The number of halogens is 1.